The molecule has 0 unspecified atom stereocenters. The van der Waals surface area contributed by atoms with Crippen molar-refractivity contribution in [1.29, 1.82) is 0 Å². The maximum absolute atomic E-state index is 9.64. The van der Waals surface area contributed by atoms with E-state index in [4.69, 9.17) is 17.0 Å². The fourth-order valence-corrected chi connectivity index (χ4v) is 4.04. The van der Waals surface area contributed by atoms with Gasteiger partial charge in [-0.05, 0) is 0 Å². The number of benzene rings is 1. The van der Waals surface area contributed by atoms with Gasteiger partial charge in [-0.2, -0.15) is 0 Å². The van der Waals surface area contributed by atoms with E-state index in [1.165, 1.54) is 10.9 Å². The Morgan fingerprint density at radius 1 is 1.52 bits per heavy atom. The maximum atomic E-state index is 9.64. The quantitative estimate of drug-likeness (QED) is 0.647. The summed E-state index contributed by atoms with van der Waals surface area (Å²) in [6.07, 6.45) is 3.92. The number of aryl methyl sites for hydroxylation is 1. The molecule has 6 heteroatoms. The molecule has 2 N–H and O–H groups in total. The molecule has 0 saturated carbocycles. The summed E-state index contributed by atoms with van der Waals surface area (Å²) in [5.74, 6) is 1.15. The number of aromatic amines is 1. The second-order valence-corrected chi connectivity index (χ2v) is 7.86. The van der Waals surface area contributed by atoms with Crippen molar-refractivity contribution in [2.75, 3.05) is 6.61 Å². The monoisotopic (exact) mass is 365 g/mol. The van der Waals surface area contributed by atoms with Gasteiger partial charge in [0.05, 0.1) is 0 Å². The van der Waals surface area contributed by atoms with Crippen LogP contribution in [0.1, 0.15) is 17.3 Å². The molecule has 1 aromatic carbocycles. The standard InChI is InChI=1S/C15H18AsN2O2S/c1-16-5-4-11-8-17-15(21)18(11)12-6-10-7-13(19)2-3-14(10)20-9-12/h2-3,7-8,12,19H,4-6,9H2,1H3,(H,17,21)/t12-/m1/s1. The van der Waals surface area contributed by atoms with Crippen LogP contribution in [0.5, 0.6) is 11.5 Å². The normalized spacial score (nSPS) is 17.9. The zero-order valence-electron chi connectivity index (χ0n) is 11.9. The Morgan fingerprint density at radius 3 is 3.19 bits per heavy atom. The molecule has 0 saturated heterocycles. The molecule has 2 heterocycles. The van der Waals surface area contributed by atoms with Crippen molar-refractivity contribution in [1.82, 2.24) is 9.55 Å². The number of phenolic OH excluding ortho intramolecular Hbond substituents is 1. The fourth-order valence-electron chi connectivity index (χ4n) is 2.76. The van der Waals surface area contributed by atoms with E-state index in [-0.39, 0.29) is 11.8 Å². The number of ether oxygens (including phenoxy) is 1. The van der Waals surface area contributed by atoms with E-state index in [1.54, 1.807) is 12.1 Å². The molecule has 1 aliphatic heterocycles. The summed E-state index contributed by atoms with van der Waals surface area (Å²) in [5, 5.41) is 10.9. The first-order valence-electron chi connectivity index (χ1n) is 6.98. The van der Waals surface area contributed by atoms with Crippen LogP contribution in [0.3, 0.4) is 0 Å². The molecule has 0 bridgehead atoms. The summed E-state index contributed by atoms with van der Waals surface area (Å²) in [5.41, 5.74) is 4.58. The van der Waals surface area contributed by atoms with Crippen molar-refractivity contribution < 1.29 is 9.84 Å². The Labute approximate surface area is 135 Å². The Balaban J connectivity index is 1.89. The minimum atomic E-state index is 0.196. The summed E-state index contributed by atoms with van der Waals surface area (Å²) in [6.45, 7) is 0.622. The number of phenols is 1. The van der Waals surface area contributed by atoms with Crippen molar-refractivity contribution in [2.45, 2.75) is 29.8 Å². The molecule has 1 aromatic heterocycles. The number of rotatable bonds is 4. The van der Waals surface area contributed by atoms with Crippen molar-refractivity contribution in [2.24, 2.45) is 0 Å². The third kappa shape index (κ3) is 3.04. The van der Waals surface area contributed by atoms with Crippen LogP contribution in [0.2, 0.25) is 10.9 Å². The third-order valence-electron chi connectivity index (χ3n) is 3.78. The van der Waals surface area contributed by atoms with Crippen molar-refractivity contribution >= 4 is 28.0 Å². The molecular weight excluding hydrogens is 347 g/mol. The molecule has 2 aromatic rings. The summed E-state index contributed by atoms with van der Waals surface area (Å²) in [6, 6.07) is 5.48. The zero-order valence-corrected chi connectivity index (χ0v) is 14.6. The molecule has 1 radical (unpaired) electrons. The molecular formula is C15H18AsN2O2S. The molecule has 1 atom stereocenters. The molecule has 0 amide bonds. The van der Waals surface area contributed by atoms with Gasteiger partial charge >= 0.3 is 136 Å². The molecule has 1 aliphatic rings. The number of aromatic nitrogens is 2. The zero-order chi connectivity index (χ0) is 14.8. The van der Waals surface area contributed by atoms with Gasteiger partial charge in [-0.25, -0.2) is 0 Å². The van der Waals surface area contributed by atoms with Crippen LogP contribution < -0.4 is 4.74 Å². The Hall–Kier alpha value is -1.19. The molecule has 4 nitrogen and oxygen atoms in total. The number of aromatic hydroxyl groups is 1. The van der Waals surface area contributed by atoms with Gasteiger partial charge in [0.1, 0.15) is 0 Å². The van der Waals surface area contributed by atoms with Crippen molar-refractivity contribution in [3.63, 3.8) is 0 Å². The Kier molecular flexibility index (Phi) is 4.41. The second kappa shape index (κ2) is 6.28. The number of H-pyrrole nitrogens is 1. The molecule has 3 rings (SSSR count). The van der Waals surface area contributed by atoms with Crippen LogP contribution in [-0.4, -0.2) is 37.0 Å². The molecule has 0 fully saturated rings. The number of fused-ring (bicyclic) bond motifs is 1. The van der Waals surface area contributed by atoms with Crippen LogP contribution in [-0.2, 0) is 12.8 Å². The van der Waals surface area contributed by atoms with E-state index in [2.05, 4.69) is 15.3 Å². The van der Waals surface area contributed by atoms with Crippen LogP contribution in [0, 0.1) is 4.77 Å². The second-order valence-electron chi connectivity index (χ2n) is 5.21. The van der Waals surface area contributed by atoms with Gasteiger partial charge in [0.2, 0.25) is 0 Å². The van der Waals surface area contributed by atoms with E-state index in [0.717, 1.165) is 28.9 Å². The topological polar surface area (TPSA) is 50.2 Å². The van der Waals surface area contributed by atoms with Crippen LogP contribution >= 0.6 is 12.2 Å². The van der Waals surface area contributed by atoms with Crippen LogP contribution in [0.4, 0.5) is 0 Å². The number of hydrogen-bond acceptors (Lipinski definition) is 3. The Morgan fingerprint density at radius 2 is 2.38 bits per heavy atom. The van der Waals surface area contributed by atoms with E-state index in [1.807, 2.05) is 12.3 Å². The van der Waals surface area contributed by atoms with Gasteiger partial charge in [-0.1, -0.05) is 0 Å². The van der Waals surface area contributed by atoms with Gasteiger partial charge in [0.15, 0.2) is 0 Å². The number of nitrogens with zero attached hydrogens (tertiary/aromatic N) is 1. The first-order chi connectivity index (χ1) is 10.2. The summed E-state index contributed by atoms with van der Waals surface area (Å²) in [7, 11) is 0. The molecule has 111 valence electrons. The number of nitrogens with one attached hydrogen (secondary N) is 1. The first-order valence-corrected chi connectivity index (χ1v) is 10.6. The number of imidazole rings is 1. The van der Waals surface area contributed by atoms with Crippen molar-refractivity contribution in [3.05, 3.63) is 40.4 Å². The average molecular weight is 365 g/mol. The molecule has 21 heavy (non-hydrogen) atoms. The van der Waals surface area contributed by atoms with E-state index in [0.29, 0.717) is 22.4 Å². The number of hydrogen-bond donors (Lipinski definition) is 2. The van der Waals surface area contributed by atoms with Gasteiger partial charge < -0.3 is 0 Å². The summed E-state index contributed by atoms with van der Waals surface area (Å²) in [4.78, 5) is 3.16. The van der Waals surface area contributed by atoms with E-state index in [9.17, 15) is 5.11 Å². The van der Waals surface area contributed by atoms with Crippen molar-refractivity contribution in [3.8, 4) is 11.5 Å². The van der Waals surface area contributed by atoms with Gasteiger partial charge in [-0.15, -0.1) is 0 Å². The predicted octanol–water partition coefficient (Wildman–Crippen LogP) is 3.14. The van der Waals surface area contributed by atoms with Gasteiger partial charge in [0.25, 0.3) is 0 Å². The minimum absolute atomic E-state index is 0.196. The van der Waals surface area contributed by atoms with Crippen LogP contribution in [0.15, 0.2) is 24.4 Å². The summed E-state index contributed by atoms with van der Waals surface area (Å²) >= 11 is 5.85. The third-order valence-corrected chi connectivity index (χ3v) is 5.50. The molecule has 0 spiro atoms. The summed E-state index contributed by atoms with van der Waals surface area (Å²) < 4.78 is 8.80. The first kappa shape index (κ1) is 14.7. The Bertz CT molecular complexity index is 695. The van der Waals surface area contributed by atoms with E-state index >= 15 is 0 Å². The van der Waals surface area contributed by atoms with E-state index < -0.39 is 0 Å². The average Bonchev–Trinajstić information content (AvgIpc) is 2.85. The molecule has 0 aliphatic carbocycles. The predicted molar refractivity (Wildman–Crippen MR) is 86.1 cm³/mol. The fraction of sp³-hybridized carbons (Fsp3) is 0.400. The SMILES string of the molecule is C[As]CCc1c[nH]c(=S)n1[C@H]1COc2ccc(O)cc2C1. The van der Waals surface area contributed by atoms with Gasteiger partial charge in [0, 0.05) is 0 Å². The van der Waals surface area contributed by atoms with Gasteiger partial charge in [-0.3, -0.25) is 0 Å². The van der Waals surface area contributed by atoms with Crippen LogP contribution in [0.25, 0.3) is 0 Å².